The van der Waals surface area contributed by atoms with Crippen LogP contribution in [0.4, 0.5) is 10.3 Å². The largest absolute Gasteiger partial charge is 0.354 e. The van der Waals surface area contributed by atoms with Gasteiger partial charge < -0.3 is 10.2 Å². The Bertz CT molecular complexity index is 1240. The summed E-state index contributed by atoms with van der Waals surface area (Å²) in [5, 5.41) is 3.28. The number of hydrogen-bond acceptors (Lipinski definition) is 5. The van der Waals surface area contributed by atoms with E-state index in [-0.39, 0.29) is 29.5 Å². The Balaban J connectivity index is 1.42. The molecule has 1 N–H and O–H groups in total. The van der Waals surface area contributed by atoms with Gasteiger partial charge in [-0.1, -0.05) is 26.2 Å². The lowest BCUT2D eigenvalue weighted by Gasteiger charge is -2.32. The van der Waals surface area contributed by atoms with Gasteiger partial charge in [-0.15, -0.1) is 0 Å². The second-order valence-corrected chi connectivity index (χ2v) is 9.67. The molecule has 2 aliphatic rings. The first-order chi connectivity index (χ1) is 17.1. The number of benzene rings is 1. The second-order valence-electron chi connectivity index (χ2n) is 9.67. The highest BCUT2D eigenvalue weighted by atomic mass is 19.1. The van der Waals surface area contributed by atoms with Crippen LogP contribution >= 0.6 is 0 Å². The molecule has 0 radical (unpaired) electrons. The first-order valence-corrected chi connectivity index (χ1v) is 12.8. The van der Waals surface area contributed by atoms with E-state index in [1.54, 1.807) is 11.1 Å². The Kier molecular flexibility index (Phi) is 6.83. The zero-order valence-electron chi connectivity index (χ0n) is 20.3. The molecule has 1 aromatic carbocycles. The number of rotatable bonds is 7. The standard InChI is InChI=1S/C26H33FN6O2/c1-2-3-14-28-25-29-17-22-23(30-25)33(26(35)32(22)20-6-4-5-7-20)21-12-15-31(16-13-21)24(34)18-8-10-19(27)11-9-18/h8-11,17,20-21H,2-7,12-16H2,1H3,(H,28,29,30). The highest BCUT2D eigenvalue weighted by molar-refractivity contribution is 5.94. The molecule has 186 valence electrons. The maximum absolute atomic E-state index is 13.7. The van der Waals surface area contributed by atoms with Gasteiger partial charge in [-0.25, -0.2) is 14.2 Å². The third-order valence-electron chi connectivity index (χ3n) is 7.36. The monoisotopic (exact) mass is 480 g/mol. The molecule has 1 amide bonds. The SMILES string of the molecule is CCCCNc1ncc2c(n1)n(C1CCN(C(=O)c3ccc(F)cc3)CC1)c(=O)n2C1CCCC1. The average molecular weight is 481 g/mol. The van der Waals surface area contributed by atoms with Crippen LogP contribution in [0.1, 0.15) is 80.7 Å². The summed E-state index contributed by atoms with van der Waals surface area (Å²) in [6, 6.07) is 5.81. The van der Waals surface area contributed by atoms with Gasteiger partial charge in [0.25, 0.3) is 5.91 Å². The molecule has 1 saturated heterocycles. The molecule has 1 aliphatic heterocycles. The van der Waals surface area contributed by atoms with Crippen molar-refractivity contribution in [3.05, 3.63) is 52.3 Å². The van der Waals surface area contributed by atoms with Crippen LogP contribution in [0.5, 0.6) is 0 Å². The minimum Gasteiger partial charge on any atom is -0.354 e. The van der Waals surface area contributed by atoms with Crippen molar-refractivity contribution in [2.24, 2.45) is 0 Å². The summed E-state index contributed by atoms with van der Waals surface area (Å²) in [7, 11) is 0. The number of amides is 1. The van der Waals surface area contributed by atoms with Gasteiger partial charge >= 0.3 is 5.69 Å². The number of carbonyl (C=O) groups excluding carboxylic acids is 1. The predicted molar refractivity (Wildman–Crippen MR) is 133 cm³/mol. The average Bonchev–Trinajstić information content (AvgIpc) is 3.50. The third kappa shape index (κ3) is 4.68. The van der Waals surface area contributed by atoms with Crippen molar-refractivity contribution in [1.82, 2.24) is 24.0 Å². The summed E-state index contributed by atoms with van der Waals surface area (Å²) in [6.45, 7) is 4.00. The first-order valence-electron chi connectivity index (χ1n) is 12.8. The van der Waals surface area contributed by atoms with E-state index in [1.807, 2.05) is 9.13 Å². The highest BCUT2D eigenvalue weighted by Gasteiger charge is 2.31. The molecule has 1 saturated carbocycles. The van der Waals surface area contributed by atoms with Crippen LogP contribution in [0.2, 0.25) is 0 Å². The van der Waals surface area contributed by atoms with E-state index in [4.69, 9.17) is 4.98 Å². The van der Waals surface area contributed by atoms with E-state index in [0.717, 1.165) is 50.6 Å². The number of imidazole rings is 1. The molecular weight excluding hydrogens is 447 g/mol. The van der Waals surface area contributed by atoms with Crippen LogP contribution in [0.15, 0.2) is 35.3 Å². The summed E-state index contributed by atoms with van der Waals surface area (Å²) in [4.78, 5) is 37.7. The van der Waals surface area contributed by atoms with Crippen molar-refractivity contribution < 1.29 is 9.18 Å². The summed E-state index contributed by atoms with van der Waals surface area (Å²) in [6.07, 6.45) is 9.49. The Labute approximate surface area is 204 Å². The zero-order chi connectivity index (χ0) is 24.4. The van der Waals surface area contributed by atoms with Gasteiger partial charge in [-0.3, -0.25) is 13.9 Å². The molecule has 1 aliphatic carbocycles. The molecule has 2 aromatic heterocycles. The normalized spacial score (nSPS) is 17.4. The van der Waals surface area contributed by atoms with E-state index < -0.39 is 0 Å². The van der Waals surface area contributed by atoms with Crippen LogP contribution < -0.4 is 11.0 Å². The maximum Gasteiger partial charge on any atom is 0.330 e. The quantitative estimate of drug-likeness (QED) is 0.502. The molecular formula is C26H33FN6O2. The molecule has 0 bridgehead atoms. The van der Waals surface area contributed by atoms with Gasteiger partial charge in [0.2, 0.25) is 5.95 Å². The summed E-state index contributed by atoms with van der Waals surface area (Å²) in [5.41, 5.74) is 1.94. The number of anilines is 1. The van der Waals surface area contributed by atoms with Gasteiger partial charge in [0.15, 0.2) is 5.65 Å². The molecule has 0 unspecified atom stereocenters. The molecule has 0 atom stereocenters. The van der Waals surface area contributed by atoms with Crippen molar-refractivity contribution >= 4 is 23.0 Å². The molecule has 2 fully saturated rings. The van der Waals surface area contributed by atoms with Crippen molar-refractivity contribution in [3.63, 3.8) is 0 Å². The van der Waals surface area contributed by atoms with Crippen LogP contribution in [0, 0.1) is 5.82 Å². The minimum absolute atomic E-state index is 0.0183. The number of piperidine rings is 1. The van der Waals surface area contributed by atoms with Crippen LogP contribution in [-0.2, 0) is 0 Å². The maximum atomic E-state index is 13.7. The van der Waals surface area contributed by atoms with E-state index in [1.165, 1.54) is 24.3 Å². The van der Waals surface area contributed by atoms with Crippen molar-refractivity contribution in [3.8, 4) is 0 Å². The summed E-state index contributed by atoms with van der Waals surface area (Å²) in [5.74, 6) is 0.0879. The van der Waals surface area contributed by atoms with Crippen molar-refractivity contribution in [2.75, 3.05) is 25.0 Å². The number of hydrogen-bond donors (Lipinski definition) is 1. The smallest absolute Gasteiger partial charge is 0.330 e. The fourth-order valence-corrected chi connectivity index (χ4v) is 5.43. The zero-order valence-corrected chi connectivity index (χ0v) is 20.3. The lowest BCUT2D eigenvalue weighted by atomic mass is 10.0. The Hall–Kier alpha value is -3.23. The molecule has 3 heterocycles. The van der Waals surface area contributed by atoms with Gasteiger partial charge in [0.1, 0.15) is 11.3 Å². The minimum atomic E-state index is -0.358. The van der Waals surface area contributed by atoms with Crippen LogP contribution in [0.3, 0.4) is 0 Å². The first kappa shape index (κ1) is 23.5. The third-order valence-corrected chi connectivity index (χ3v) is 7.36. The van der Waals surface area contributed by atoms with Gasteiger partial charge in [0.05, 0.1) is 6.20 Å². The number of carbonyl (C=O) groups is 1. The van der Waals surface area contributed by atoms with Crippen LogP contribution in [0.25, 0.3) is 11.2 Å². The number of nitrogens with one attached hydrogen (secondary N) is 1. The van der Waals surface area contributed by atoms with Crippen molar-refractivity contribution in [1.29, 1.82) is 0 Å². The fraction of sp³-hybridized carbons (Fsp3) is 0.538. The molecule has 9 heteroatoms. The molecule has 5 rings (SSSR count). The van der Waals surface area contributed by atoms with Gasteiger partial charge in [0, 0.05) is 37.3 Å². The van der Waals surface area contributed by atoms with Crippen LogP contribution in [-0.4, -0.2) is 49.5 Å². The van der Waals surface area contributed by atoms with E-state index in [9.17, 15) is 14.0 Å². The van der Waals surface area contributed by atoms with Crippen molar-refractivity contribution in [2.45, 2.75) is 70.4 Å². The fourth-order valence-electron chi connectivity index (χ4n) is 5.43. The number of fused-ring (bicyclic) bond motifs is 1. The summed E-state index contributed by atoms with van der Waals surface area (Å²) < 4.78 is 17.0. The molecule has 8 nitrogen and oxygen atoms in total. The number of nitrogens with zero attached hydrogens (tertiary/aromatic N) is 5. The lowest BCUT2D eigenvalue weighted by Crippen LogP contribution is -2.41. The van der Waals surface area contributed by atoms with E-state index in [2.05, 4.69) is 17.2 Å². The molecule has 3 aromatic rings. The predicted octanol–water partition coefficient (Wildman–Crippen LogP) is 4.54. The molecule has 35 heavy (non-hydrogen) atoms. The Morgan fingerprint density at radius 2 is 1.74 bits per heavy atom. The highest BCUT2D eigenvalue weighted by Crippen LogP contribution is 2.33. The molecule has 0 spiro atoms. The topological polar surface area (TPSA) is 85.1 Å². The number of halogens is 1. The Morgan fingerprint density at radius 3 is 2.43 bits per heavy atom. The van der Waals surface area contributed by atoms with E-state index in [0.29, 0.717) is 43.1 Å². The van der Waals surface area contributed by atoms with Gasteiger partial charge in [-0.05, 0) is 56.4 Å². The number of unbranched alkanes of at least 4 members (excludes halogenated alkanes) is 1. The Morgan fingerprint density at radius 1 is 1.06 bits per heavy atom. The van der Waals surface area contributed by atoms with Gasteiger partial charge in [-0.2, -0.15) is 4.98 Å². The lowest BCUT2D eigenvalue weighted by molar-refractivity contribution is 0.0694. The second kappa shape index (κ2) is 10.2. The van der Waals surface area contributed by atoms with E-state index >= 15 is 0 Å². The summed E-state index contributed by atoms with van der Waals surface area (Å²) >= 11 is 0. The number of likely N-dealkylation sites (tertiary alicyclic amines) is 1. The number of aromatic nitrogens is 4.